The van der Waals surface area contributed by atoms with E-state index in [1.54, 1.807) is 0 Å². The maximum Gasteiger partial charge on any atom is 0.0747 e. The van der Waals surface area contributed by atoms with Gasteiger partial charge in [-0.25, -0.2) is 0 Å². The molecule has 1 aromatic rings. The topological polar surface area (TPSA) is 35.8 Å². The number of nitrogens with zero attached hydrogens (tertiary/aromatic N) is 1. The Kier molecular flexibility index (Phi) is 2.70. The lowest BCUT2D eigenvalue weighted by atomic mass is 10.1. The number of hydrogen-bond donors (Lipinski definition) is 1. The van der Waals surface area contributed by atoms with Crippen LogP contribution in [-0.2, 0) is 0 Å². The van der Waals surface area contributed by atoms with Crippen LogP contribution in [0.4, 0.5) is 5.69 Å². The second kappa shape index (κ2) is 3.86. The zero-order chi connectivity index (χ0) is 10.9. The Bertz CT molecular complexity index is 416. The van der Waals surface area contributed by atoms with E-state index >= 15 is 0 Å². The molecule has 2 nitrogen and oxygen atoms in total. The van der Waals surface area contributed by atoms with Crippen molar-refractivity contribution in [3.8, 4) is 6.07 Å². The van der Waals surface area contributed by atoms with Crippen LogP contribution in [0.15, 0.2) is 22.7 Å². The van der Waals surface area contributed by atoms with E-state index in [0.717, 1.165) is 29.5 Å². The lowest BCUT2D eigenvalue weighted by Gasteiger charge is -2.11. The van der Waals surface area contributed by atoms with Gasteiger partial charge in [-0.3, -0.25) is 0 Å². The highest BCUT2D eigenvalue weighted by atomic mass is 79.9. The molecule has 2 rings (SSSR count). The summed E-state index contributed by atoms with van der Waals surface area (Å²) < 4.78 is 1.07. The predicted octanol–water partition coefficient (Wildman–Crippen LogP) is 3.47. The summed E-state index contributed by atoms with van der Waals surface area (Å²) in [5, 5.41) is 12.3. The van der Waals surface area contributed by atoms with E-state index in [2.05, 4.69) is 46.4 Å². The fourth-order valence-electron chi connectivity index (χ4n) is 1.51. The van der Waals surface area contributed by atoms with Gasteiger partial charge in [-0.1, -0.05) is 6.07 Å². The van der Waals surface area contributed by atoms with E-state index in [4.69, 9.17) is 5.26 Å². The van der Waals surface area contributed by atoms with E-state index in [1.807, 2.05) is 6.07 Å². The zero-order valence-corrected chi connectivity index (χ0v) is 10.3. The maximum atomic E-state index is 8.95. The third kappa shape index (κ3) is 2.32. The fourth-order valence-corrected chi connectivity index (χ4v) is 2.14. The summed E-state index contributed by atoms with van der Waals surface area (Å²) in [6.07, 6.45) is 2.06. The standard InChI is InChI=1S/C12H13BrN2/c1-9-2-3-11(10(13)6-9)15-8-12(7-14)4-5-12/h2-3,6,15H,4-5,8H2,1H3. The van der Waals surface area contributed by atoms with Crippen LogP contribution in [0.25, 0.3) is 0 Å². The van der Waals surface area contributed by atoms with E-state index in [0.29, 0.717) is 0 Å². The van der Waals surface area contributed by atoms with Crippen LogP contribution >= 0.6 is 15.9 Å². The lowest BCUT2D eigenvalue weighted by Crippen LogP contribution is -2.13. The summed E-state index contributed by atoms with van der Waals surface area (Å²) in [6.45, 7) is 2.82. The van der Waals surface area contributed by atoms with Crippen molar-refractivity contribution in [2.75, 3.05) is 11.9 Å². The number of halogens is 1. The van der Waals surface area contributed by atoms with Crippen molar-refractivity contribution in [1.29, 1.82) is 5.26 Å². The molecule has 0 aromatic heterocycles. The van der Waals surface area contributed by atoms with Crippen molar-refractivity contribution >= 4 is 21.6 Å². The molecule has 1 aromatic carbocycles. The summed E-state index contributed by atoms with van der Waals surface area (Å²) in [4.78, 5) is 0. The SMILES string of the molecule is Cc1ccc(NCC2(C#N)CC2)c(Br)c1. The predicted molar refractivity (Wildman–Crippen MR) is 64.6 cm³/mol. The van der Waals surface area contributed by atoms with Gasteiger partial charge in [0.05, 0.1) is 11.5 Å². The molecule has 0 atom stereocenters. The van der Waals surface area contributed by atoms with Gasteiger partial charge in [0.15, 0.2) is 0 Å². The van der Waals surface area contributed by atoms with Gasteiger partial charge in [-0.05, 0) is 53.4 Å². The Morgan fingerprint density at radius 3 is 2.80 bits per heavy atom. The third-order valence-electron chi connectivity index (χ3n) is 2.83. The second-order valence-electron chi connectivity index (χ2n) is 4.23. The first kappa shape index (κ1) is 10.5. The summed E-state index contributed by atoms with van der Waals surface area (Å²) in [7, 11) is 0. The van der Waals surface area contributed by atoms with Gasteiger partial charge in [0.25, 0.3) is 0 Å². The summed E-state index contributed by atoms with van der Waals surface area (Å²) in [6, 6.07) is 8.57. The molecular formula is C12H13BrN2. The lowest BCUT2D eigenvalue weighted by molar-refractivity contribution is 0.711. The quantitative estimate of drug-likeness (QED) is 0.908. The van der Waals surface area contributed by atoms with Crippen LogP contribution in [0.5, 0.6) is 0 Å². The number of rotatable bonds is 3. The Morgan fingerprint density at radius 1 is 1.53 bits per heavy atom. The molecule has 15 heavy (non-hydrogen) atoms. The number of nitriles is 1. The smallest absolute Gasteiger partial charge is 0.0747 e. The number of hydrogen-bond acceptors (Lipinski definition) is 2. The maximum absolute atomic E-state index is 8.95. The number of nitrogens with one attached hydrogen (secondary N) is 1. The highest BCUT2D eigenvalue weighted by molar-refractivity contribution is 9.10. The highest BCUT2D eigenvalue weighted by Crippen LogP contribution is 2.45. The minimum Gasteiger partial charge on any atom is -0.383 e. The van der Waals surface area contributed by atoms with Crippen molar-refractivity contribution in [2.24, 2.45) is 5.41 Å². The number of benzene rings is 1. The van der Waals surface area contributed by atoms with Crippen LogP contribution in [0.1, 0.15) is 18.4 Å². The Labute approximate surface area is 98.4 Å². The minimum absolute atomic E-state index is 0.0929. The molecule has 1 aliphatic rings. The minimum atomic E-state index is -0.0929. The molecular weight excluding hydrogens is 252 g/mol. The average molecular weight is 265 g/mol. The van der Waals surface area contributed by atoms with Gasteiger partial charge in [0.1, 0.15) is 0 Å². The molecule has 1 aliphatic carbocycles. The first-order valence-electron chi connectivity index (χ1n) is 5.06. The van der Waals surface area contributed by atoms with E-state index in [-0.39, 0.29) is 5.41 Å². The molecule has 0 aliphatic heterocycles. The largest absolute Gasteiger partial charge is 0.383 e. The Morgan fingerprint density at radius 2 is 2.27 bits per heavy atom. The Hall–Kier alpha value is -1.01. The Balaban J connectivity index is 2.03. The number of anilines is 1. The monoisotopic (exact) mass is 264 g/mol. The molecule has 78 valence electrons. The molecule has 3 heteroatoms. The molecule has 0 saturated heterocycles. The summed E-state index contributed by atoms with van der Waals surface area (Å²) in [5.41, 5.74) is 2.21. The summed E-state index contributed by atoms with van der Waals surface area (Å²) >= 11 is 3.51. The number of aryl methyl sites for hydroxylation is 1. The van der Waals surface area contributed by atoms with Crippen LogP contribution in [0.3, 0.4) is 0 Å². The molecule has 1 fully saturated rings. The average Bonchev–Trinajstić information content (AvgIpc) is 2.97. The van der Waals surface area contributed by atoms with Crippen molar-refractivity contribution in [2.45, 2.75) is 19.8 Å². The normalized spacial score (nSPS) is 16.9. The van der Waals surface area contributed by atoms with Crippen molar-refractivity contribution in [3.63, 3.8) is 0 Å². The van der Waals surface area contributed by atoms with Gasteiger partial charge in [0.2, 0.25) is 0 Å². The molecule has 0 amide bonds. The molecule has 0 bridgehead atoms. The molecule has 0 spiro atoms. The summed E-state index contributed by atoms with van der Waals surface area (Å²) in [5.74, 6) is 0. The second-order valence-corrected chi connectivity index (χ2v) is 5.08. The van der Waals surface area contributed by atoms with Crippen molar-refractivity contribution in [1.82, 2.24) is 0 Å². The van der Waals surface area contributed by atoms with E-state index in [9.17, 15) is 0 Å². The van der Waals surface area contributed by atoms with E-state index in [1.165, 1.54) is 5.56 Å². The zero-order valence-electron chi connectivity index (χ0n) is 8.68. The molecule has 1 N–H and O–H groups in total. The van der Waals surface area contributed by atoms with E-state index < -0.39 is 0 Å². The third-order valence-corrected chi connectivity index (χ3v) is 3.49. The highest BCUT2D eigenvalue weighted by Gasteiger charge is 2.42. The van der Waals surface area contributed by atoms with Crippen LogP contribution in [0.2, 0.25) is 0 Å². The first-order valence-corrected chi connectivity index (χ1v) is 5.86. The van der Waals surface area contributed by atoms with Gasteiger partial charge < -0.3 is 5.32 Å². The molecule has 0 unspecified atom stereocenters. The van der Waals surface area contributed by atoms with Gasteiger partial charge in [0, 0.05) is 16.7 Å². The molecule has 0 heterocycles. The van der Waals surface area contributed by atoms with Crippen LogP contribution < -0.4 is 5.32 Å². The fraction of sp³-hybridized carbons (Fsp3) is 0.417. The van der Waals surface area contributed by atoms with Crippen molar-refractivity contribution in [3.05, 3.63) is 28.2 Å². The van der Waals surface area contributed by atoms with Crippen molar-refractivity contribution < 1.29 is 0 Å². The molecule has 0 radical (unpaired) electrons. The van der Waals surface area contributed by atoms with Gasteiger partial charge in [-0.15, -0.1) is 0 Å². The first-order chi connectivity index (χ1) is 7.15. The van der Waals surface area contributed by atoms with Crippen LogP contribution in [-0.4, -0.2) is 6.54 Å². The van der Waals surface area contributed by atoms with Gasteiger partial charge in [-0.2, -0.15) is 5.26 Å². The van der Waals surface area contributed by atoms with Crippen LogP contribution in [0, 0.1) is 23.7 Å². The van der Waals surface area contributed by atoms with Gasteiger partial charge >= 0.3 is 0 Å². The molecule has 1 saturated carbocycles.